The largest absolute Gasteiger partial charge is 0.392 e. The van der Waals surface area contributed by atoms with Crippen molar-refractivity contribution in [1.29, 1.82) is 0 Å². The lowest BCUT2D eigenvalue weighted by Crippen LogP contribution is -1.99. The SMILES string of the molecule is OCc1ccc(Cl)c(NCc2ccsc2)c1. The Morgan fingerprint density at radius 2 is 2.12 bits per heavy atom. The molecule has 0 unspecified atom stereocenters. The normalized spacial score (nSPS) is 10.4. The lowest BCUT2D eigenvalue weighted by Gasteiger charge is -2.08. The highest BCUT2D eigenvalue weighted by atomic mass is 35.5. The fraction of sp³-hybridized carbons (Fsp3) is 0.167. The highest BCUT2D eigenvalue weighted by Crippen LogP contribution is 2.23. The molecule has 4 heteroatoms. The van der Waals surface area contributed by atoms with Crippen molar-refractivity contribution in [2.45, 2.75) is 13.2 Å². The molecule has 0 fully saturated rings. The van der Waals surface area contributed by atoms with Gasteiger partial charge in [-0.2, -0.15) is 11.3 Å². The van der Waals surface area contributed by atoms with Crippen molar-refractivity contribution in [1.82, 2.24) is 0 Å². The molecule has 2 aromatic rings. The second-order valence-electron chi connectivity index (χ2n) is 3.46. The van der Waals surface area contributed by atoms with E-state index >= 15 is 0 Å². The van der Waals surface area contributed by atoms with Crippen molar-refractivity contribution in [3.05, 3.63) is 51.2 Å². The number of aliphatic hydroxyl groups excluding tert-OH is 1. The molecule has 1 heterocycles. The third kappa shape index (κ3) is 2.76. The molecular weight excluding hydrogens is 242 g/mol. The van der Waals surface area contributed by atoms with Crippen LogP contribution in [0.3, 0.4) is 0 Å². The summed E-state index contributed by atoms with van der Waals surface area (Å²) >= 11 is 7.73. The Morgan fingerprint density at radius 3 is 2.81 bits per heavy atom. The summed E-state index contributed by atoms with van der Waals surface area (Å²) in [7, 11) is 0. The van der Waals surface area contributed by atoms with Gasteiger partial charge < -0.3 is 10.4 Å². The van der Waals surface area contributed by atoms with Gasteiger partial charge in [-0.1, -0.05) is 17.7 Å². The van der Waals surface area contributed by atoms with Gasteiger partial charge in [0.2, 0.25) is 0 Å². The predicted molar refractivity (Wildman–Crippen MR) is 69.0 cm³/mol. The number of benzene rings is 1. The fourth-order valence-corrected chi connectivity index (χ4v) is 2.25. The second-order valence-corrected chi connectivity index (χ2v) is 4.64. The van der Waals surface area contributed by atoms with Crippen LogP contribution in [0.15, 0.2) is 35.0 Å². The zero-order valence-corrected chi connectivity index (χ0v) is 10.2. The van der Waals surface area contributed by atoms with Crippen LogP contribution >= 0.6 is 22.9 Å². The third-order valence-corrected chi connectivity index (χ3v) is 3.34. The van der Waals surface area contributed by atoms with Gasteiger partial charge in [0.15, 0.2) is 0 Å². The van der Waals surface area contributed by atoms with Crippen LogP contribution in [0, 0.1) is 0 Å². The van der Waals surface area contributed by atoms with Crippen molar-refractivity contribution in [3.8, 4) is 0 Å². The van der Waals surface area contributed by atoms with Crippen molar-refractivity contribution >= 4 is 28.6 Å². The van der Waals surface area contributed by atoms with Crippen molar-refractivity contribution in [3.63, 3.8) is 0 Å². The minimum atomic E-state index is 0.0320. The molecule has 0 atom stereocenters. The molecule has 0 amide bonds. The first-order valence-electron chi connectivity index (χ1n) is 4.94. The highest BCUT2D eigenvalue weighted by Gasteiger charge is 2.01. The Kier molecular flexibility index (Phi) is 3.83. The van der Waals surface area contributed by atoms with Gasteiger partial charge in [-0.05, 0) is 40.1 Å². The average molecular weight is 254 g/mol. The number of nitrogens with one attached hydrogen (secondary N) is 1. The molecule has 0 aliphatic heterocycles. The summed E-state index contributed by atoms with van der Waals surface area (Å²) in [6.45, 7) is 0.780. The van der Waals surface area contributed by atoms with E-state index in [9.17, 15) is 0 Å². The smallest absolute Gasteiger partial charge is 0.0682 e. The topological polar surface area (TPSA) is 32.3 Å². The summed E-state index contributed by atoms with van der Waals surface area (Å²) < 4.78 is 0. The van der Waals surface area contributed by atoms with Gasteiger partial charge in [-0.15, -0.1) is 0 Å². The summed E-state index contributed by atoms with van der Waals surface area (Å²) in [6, 6.07) is 7.55. The van der Waals surface area contributed by atoms with Gasteiger partial charge in [-0.3, -0.25) is 0 Å². The van der Waals surface area contributed by atoms with E-state index in [-0.39, 0.29) is 6.61 Å². The van der Waals surface area contributed by atoms with Crippen LogP contribution in [0.1, 0.15) is 11.1 Å². The lowest BCUT2D eigenvalue weighted by molar-refractivity contribution is 0.282. The zero-order chi connectivity index (χ0) is 11.4. The fourth-order valence-electron chi connectivity index (χ4n) is 1.40. The number of halogens is 1. The Balaban J connectivity index is 2.08. The molecule has 84 valence electrons. The maximum absolute atomic E-state index is 9.04. The summed E-state index contributed by atoms with van der Waals surface area (Å²) in [5.41, 5.74) is 2.95. The van der Waals surface area contributed by atoms with Gasteiger partial charge >= 0.3 is 0 Å². The number of hydrogen-bond donors (Lipinski definition) is 2. The van der Waals surface area contributed by atoms with E-state index in [1.54, 1.807) is 17.4 Å². The number of rotatable bonds is 4. The van der Waals surface area contributed by atoms with Gasteiger partial charge in [0.05, 0.1) is 17.3 Å². The van der Waals surface area contributed by atoms with Crippen molar-refractivity contribution in [2.24, 2.45) is 0 Å². The van der Waals surface area contributed by atoms with Crippen LogP contribution in [0.4, 0.5) is 5.69 Å². The maximum Gasteiger partial charge on any atom is 0.0682 e. The molecule has 2 rings (SSSR count). The summed E-state index contributed by atoms with van der Waals surface area (Å²) in [5, 5.41) is 17.1. The quantitative estimate of drug-likeness (QED) is 0.874. The molecule has 2 N–H and O–H groups in total. The summed E-state index contributed by atoms with van der Waals surface area (Å²) in [6.07, 6.45) is 0. The molecule has 0 radical (unpaired) electrons. The van der Waals surface area contributed by atoms with Crippen LogP contribution in [-0.2, 0) is 13.2 Å². The molecule has 16 heavy (non-hydrogen) atoms. The molecule has 0 spiro atoms. The Bertz CT molecular complexity index is 456. The number of anilines is 1. The molecule has 0 saturated carbocycles. The van der Waals surface area contributed by atoms with E-state index in [0.29, 0.717) is 5.02 Å². The molecule has 0 aliphatic rings. The van der Waals surface area contributed by atoms with E-state index < -0.39 is 0 Å². The van der Waals surface area contributed by atoms with Crippen molar-refractivity contribution in [2.75, 3.05) is 5.32 Å². The number of hydrogen-bond acceptors (Lipinski definition) is 3. The molecule has 1 aromatic heterocycles. The molecule has 2 nitrogen and oxygen atoms in total. The van der Waals surface area contributed by atoms with E-state index in [0.717, 1.165) is 17.8 Å². The molecule has 0 aliphatic carbocycles. The van der Waals surface area contributed by atoms with Crippen LogP contribution < -0.4 is 5.32 Å². The second kappa shape index (κ2) is 5.34. The van der Waals surface area contributed by atoms with E-state index in [1.165, 1.54) is 5.56 Å². The third-order valence-electron chi connectivity index (χ3n) is 2.28. The molecular formula is C12H12ClNOS. The van der Waals surface area contributed by atoms with Crippen LogP contribution in [-0.4, -0.2) is 5.11 Å². The summed E-state index contributed by atoms with van der Waals surface area (Å²) in [4.78, 5) is 0. The first kappa shape index (κ1) is 11.5. The minimum Gasteiger partial charge on any atom is -0.392 e. The minimum absolute atomic E-state index is 0.0320. The van der Waals surface area contributed by atoms with Gasteiger partial charge in [0, 0.05) is 6.54 Å². The zero-order valence-electron chi connectivity index (χ0n) is 8.61. The number of thiophene rings is 1. The maximum atomic E-state index is 9.04. The van der Waals surface area contributed by atoms with E-state index in [4.69, 9.17) is 16.7 Å². The first-order chi connectivity index (χ1) is 7.79. The van der Waals surface area contributed by atoms with E-state index in [1.807, 2.05) is 17.5 Å². The standard InChI is InChI=1S/C12H12ClNOS/c13-11-2-1-9(7-15)5-12(11)14-6-10-3-4-16-8-10/h1-5,8,14-15H,6-7H2. The monoisotopic (exact) mass is 253 g/mol. The Morgan fingerprint density at radius 1 is 1.25 bits per heavy atom. The molecule has 0 bridgehead atoms. The van der Waals surface area contributed by atoms with Crippen LogP contribution in [0.25, 0.3) is 0 Å². The molecule has 1 aromatic carbocycles. The Hall–Kier alpha value is -1.03. The van der Waals surface area contributed by atoms with Crippen LogP contribution in [0.5, 0.6) is 0 Å². The van der Waals surface area contributed by atoms with Gasteiger partial charge in [0.25, 0.3) is 0 Å². The predicted octanol–water partition coefficient (Wildman–Crippen LogP) is 3.51. The van der Waals surface area contributed by atoms with Gasteiger partial charge in [0.1, 0.15) is 0 Å². The van der Waals surface area contributed by atoms with Crippen LogP contribution in [0.2, 0.25) is 5.02 Å². The van der Waals surface area contributed by atoms with Gasteiger partial charge in [-0.25, -0.2) is 0 Å². The molecule has 0 saturated heterocycles. The lowest BCUT2D eigenvalue weighted by atomic mass is 10.2. The number of aliphatic hydroxyl groups is 1. The Labute approximate surface area is 104 Å². The van der Waals surface area contributed by atoms with Crippen molar-refractivity contribution < 1.29 is 5.11 Å². The first-order valence-corrected chi connectivity index (χ1v) is 6.26. The highest BCUT2D eigenvalue weighted by molar-refractivity contribution is 7.07. The average Bonchev–Trinajstić information content (AvgIpc) is 2.81. The summed E-state index contributed by atoms with van der Waals surface area (Å²) in [5.74, 6) is 0. The van der Waals surface area contributed by atoms with E-state index in [2.05, 4.69) is 16.8 Å².